The second kappa shape index (κ2) is 8.65. The molecule has 0 aliphatic carbocycles. The fraction of sp³-hybridized carbons (Fsp3) is 0.450. The molecule has 1 fully saturated rings. The molecule has 0 spiro atoms. The minimum atomic E-state index is 0.0288. The summed E-state index contributed by atoms with van der Waals surface area (Å²) < 4.78 is 5.66. The highest BCUT2D eigenvalue weighted by Crippen LogP contribution is 2.15. The van der Waals surface area contributed by atoms with Crippen LogP contribution in [0.25, 0.3) is 0 Å². The normalized spacial score (nSPS) is 14.4. The maximum Gasteiger partial charge on any atom is 0.260 e. The Labute approximate surface area is 154 Å². The summed E-state index contributed by atoms with van der Waals surface area (Å²) in [4.78, 5) is 24.9. The zero-order chi connectivity index (χ0) is 18.4. The van der Waals surface area contributed by atoms with Crippen LogP contribution in [-0.2, 0) is 11.2 Å². The Bertz CT molecular complexity index is 725. The Balaban J connectivity index is 1.46. The van der Waals surface area contributed by atoms with Crippen LogP contribution in [0.3, 0.4) is 0 Å². The number of hydrogen-bond donors (Lipinski definition) is 0. The van der Waals surface area contributed by atoms with Gasteiger partial charge in [0.05, 0.1) is 0 Å². The van der Waals surface area contributed by atoms with Crippen LogP contribution in [0.2, 0.25) is 0 Å². The smallest absolute Gasteiger partial charge is 0.260 e. The molecule has 1 saturated heterocycles. The summed E-state index contributed by atoms with van der Waals surface area (Å²) in [6, 6.07) is 9.97. The largest absolute Gasteiger partial charge is 0.484 e. The first kappa shape index (κ1) is 18.2. The second-order valence-electron chi connectivity index (χ2n) is 6.57. The van der Waals surface area contributed by atoms with E-state index >= 15 is 0 Å². The third-order valence-electron chi connectivity index (χ3n) is 4.57. The first-order valence-corrected chi connectivity index (χ1v) is 9.19. The van der Waals surface area contributed by atoms with Crippen molar-refractivity contribution in [3.8, 4) is 5.75 Å². The third-order valence-corrected chi connectivity index (χ3v) is 4.57. The number of anilines is 1. The van der Waals surface area contributed by atoms with E-state index in [0.717, 1.165) is 43.2 Å². The molecule has 26 heavy (non-hydrogen) atoms. The van der Waals surface area contributed by atoms with Crippen molar-refractivity contribution < 1.29 is 9.53 Å². The summed E-state index contributed by atoms with van der Waals surface area (Å²) in [5.74, 6) is 1.70. The van der Waals surface area contributed by atoms with Crippen molar-refractivity contribution >= 4 is 11.7 Å². The van der Waals surface area contributed by atoms with Gasteiger partial charge in [-0.3, -0.25) is 4.79 Å². The summed E-state index contributed by atoms with van der Waals surface area (Å²) in [7, 11) is 0. The highest BCUT2D eigenvalue weighted by atomic mass is 16.5. The standard InChI is InChI=1S/C20H26N4O2/c1-3-4-17-5-7-18(8-6-17)26-14-20(25)24-11-9-23(10-12-24)19-13-16(2)21-15-22-19/h5-8,13,15H,3-4,9-12,14H2,1-2H3. The predicted molar refractivity (Wildman–Crippen MR) is 101 cm³/mol. The second-order valence-corrected chi connectivity index (χ2v) is 6.57. The van der Waals surface area contributed by atoms with Gasteiger partial charge in [0.2, 0.25) is 0 Å². The molecular weight excluding hydrogens is 328 g/mol. The molecule has 1 amide bonds. The number of hydrogen-bond acceptors (Lipinski definition) is 5. The summed E-state index contributed by atoms with van der Waals surface area (Å²) in [5, 5.41) is 0. The Morgan fingerprint density at radius 1 is 1.12 bits per heavy atom. The number of nitrogens with zero attached hydrogens (tertiary/aromatic N) is 4. The average Bonchev–Trinajstić information content (AvgIpc) is 2.67. The molecular formula is C20H26N4O2. The third kappa shape index (κ3) is 4.71. The molecule has 1 aliphatic heterocycles. The fourth-order valence-corrected chi connectivity index (χ4v) is 3.08. The molecule has 0 radical (unpaired) electrons. The maximum absolute atomic E-state index is 12.4. The van der Waals surface area contributed by atoms with Gasteiger partial charge in [-0.25, -0.2) is 9.97 Å². The van der Waals surface area contributed by atoms with Gasteiger partial charge in [0, 0.05) is 37.9 Å². The van der Waals surface area contributed by atoms with Crippen LogP contribution < -0.4 is 9.64 Å². The molecule has 0 unspecified atom stereocenters. The van der Waals surface area contributed by atoms with Crippen molar-refractivity contribution in [3.05, 3.63) is 47.9 Å². The van der Waals surface area contributed by atoms with Crippen LogP contribution in [-0.4, -0.2) is 53.6 Å². The topological polar surface area (TPSA) is 58.6 Å². The molecule has 0 N–H and O–H groups in total. The maximum atomic E-state index is 12.4. The van der Waals surface area contributed by atoms with E-state index in [2.05, 4.69) is 33.9 Å². The van der Waals surface area contributed by atoms with E-state index in [9.17, 15) is 4.79 Å². The van der Waals surface area contributed by atoms with E-state index in [1.54, 1.807) is 6.33 Å². The number of piperazine rings is 1. The fourth-order valence-electron chi connectivity index (χ4n) is 3.08. The van der Waals surface area contributed by atoms with E-state index < -0.39 is 0 Å². The van der Waals surface area contributed by atoms with Gasteiger partial charge >= 0.3 is 0 Å². The van der Waals surface area contributed by atoms with E-state index in [4.69, 9.17) is 4.74 Å². The van der Waals surface area contributed by atoms with Gasteiger partial charge in [-0.15, -0.1) is 0 Å². The van der Waals surface area contributed by atoms with Crippen molar-refractivity contribution in [2.24, 2.45) is 0 Å². The van der Waals surface area contributed by atoms with Gasteiger partial charge in [-0.05, 0) is 31.0 Å². The number of rotatable bonds is 6. The van der Waals surface area contributed by atoms with Gasteiger partial charge in [0.15, 0.2) is 6.61 Å². The van der Waals surface area contributed by atoms with Crippen LogP contribution in [0.15, 0.2) is 36.7 Å². The summed E-state index contributed by atoms with van der Waals surface area (Å²) >= 11 is 0. The van der Waals surface area contributed by atoms with Gasteiger partial charge in [0.25, 0.3) is 5.91 Å². The van der Waals surface area contributed by atoms with Crippen LogP contribution in [0.5, 0.6) is 5.75 Å². The predicted octanol–water partition coefficient (Wildman–Crippen LogP) is 2.47. The lowest BCUT2D eigenvalue weighted by Gasteiger charge is -2.35. The molecule has 6 nitrogen and oxygen atoms in total. The van der Waals surface area contributed by atoms with Gasteiger partial charge in [-0.1, -0.05) is 25.5 Å². The number of aromatic nitrogens is 2. The molecule has 1 aromatic heterocycles. The number of amides is 1. The van der Waals surface area contributed by atoms with Gasteiger partial charge in [-0.2, -0.15) is 0 Å². The Hall–Kier alpha value is -2.63. The first-order valence-electron chi connectivity index (χ1n) is 9.19. The zero-order valence-electron chi connectivity index (χ0n) is 15.5. The van der Waals surface area contributed by atoms with Crippen LogP contribution >= 0.6 is 0 Å². The van der Waals surface area contributed by atoms with E-state index in [0.29, 0.717) is 13.1 Å². The van der Waals surface area contributed by atoms with E-state index in [1.165, 1.54) is 5.56 Å². The molecule has 0 atom stereocenters. The minimum absolute atomic E-state index is 0.0288. The molecule has 2 aromatic rings. The number of carbonyl (C=O) groups excluding carboxylic acids is 1. The Morgan fingerprint density at radius 3 is 2.50 bits per heavy atom. The quantitative estimate of drug-likeness (QED) is 0.798. The van der Waals surface area contributed by atoms with Crippen LogP contribution in [0.1, 0.15) is 24.6 Å². The molecule has 138 valence electrons. The summed E-state index contributed by atoms with van der Waals surface area (Å²) in [5.41, 5.74) is 2.24. The van der Waals surface area contributed by atoms with Gasteiger partial charge in [0.1, 0.15) is 17.9 Å². The van der Waals surface area contributed by atoms with Crippen molar-refractivity contribution in [3.63, 3.8) is 0 Å². The van der Waals surface area contributed by atoms with Crippen molar-refractivity contribution in [2.75, 3.05) is 37.7 Å². The number of ether oxygens (including phenoxy) is 1. The van der Waals surface area contributed by atoms with E-state index in [-0.39, 0.29) is 12.5 Å². The summed E-state index contributed by atoms with van der Waals surface area (Å²) in [6.45, 7) is 7.11. The van der Waals surface area contributed by atoms with Crippen molar-refractivity contribution in [1.29, 1.82) is 0 Å². The number of benzene rings is 1. The average molecular weight is 354 g/mol. The first-order chi connectivity index (χ1) is 12.7. The SMILES string of the molecule is CCCc1ccc(OCC(=O)N2CCN(c3cc(C)ncn3)CC2)cc1. The molecule has 2 heterocycles. The lowest BCUT2D eigenvalue weighted by Crippen LogP contribution is -2.50. The molecule has 3 rings (SSSR count). The summed E-state index contributed by atoms with van der Waals surface area (Å²) in [6.07, 6.45) is 3.77. The van der Waals surface area contributed by atoms with Gasteiger partial charge < -0.3 is 14.5 Å². The van der Waals surface area contributed by atoms with Crippen molar-refractivity contribution in [2.45, 2.75) is 26.7 Å². The molecule has 1 aromatic carbocycles. The minimum Gasteiger partial charge on any atom is -0.484 e. The van der Waals surface area contributed by atoms with Crippen molar-refractivity contribution in [1.82, 2.24) is 14.9 Å². The lowest BCUT2D eigenvalue weighted by atomic mass is 10.1. The zero-order valence-corrected chi connectivity index (χ0v) is 15.5. The molecule has 6 heteroatoms. The monoisotopic (exact) mass is 354 g/mol. The number of carbonyl (C=O) groups is 1. The van der Waals surface area contributed by atoms with E-state index in [1.807, 2.05) is 30.0 Å². The Kier molecular flexibility index (Phi) is 6.04. The molecule has 0 saturated carbocycles. The molecule has 0 bridgehead atoms. The highest BCUT2D eigenvalue weighted by molar-refractivity contribution is 5.78. The number of aryl methyl sites for hydroxylation is 2. The Morgan fingerprint density at radius 2 is 1.85 bits per heavy atom. The highest BCUT2D eigenvalue weighted by Gasteiger charge is 2.22. The van der Waals surface area contributed by atoms with Crippen LogP contribution in [0, 0.1) is 6.92 Å². The molecule has 1 aliphatic rings. The lowest BCUT2D eigenvalue weighted by molar-refractivity contribution is -0.133. The van der Waals surface area contributed by atoms with Crippen LogP contribution in [0.4, 0.5) is 5.82 Å².